The molecule has 2 atom stereocenters. The number of rotatable bonds is 4. The van der Waals surface area contributed by atoms with Gasteiger partial charge in [-0.25, -0.2) is 0 Å². The number of carboxylic acid groups (broad SMARTS) is 1. The van der Waals surface area contributed by atoms with Gasteiger partial charge >= 0.3 is 5.97 Å². The van der Waals surface area contributed by atoms with E-state index in [2.05, 4.69) is 26.8 Å². The van der Waals surface area contributed by atoms with Crippen LogP contribution in [0.1, 0.15) is 28.7 Å². The normalized spacial score (nSPS) is 21.8. The van der Waals surface area contributed by atoms with Crippen molar-refractivity contribution in [3.05, 3.63) is 28.3 Å². The third kappa shape index (κ3) is 2.22. The molecule has 0 saturated heterocycles. The van der Waals surface area contributed by atoms with Crippen molar-refractivity contribution >= 4 is 5.97 Å². The lowest BCUT2D eigenvalue weighted by atomic mass is 9.93. The maximum absolute atomic E-state index is 10.9. The molecule has 0 spiro atoms. The highest BCUT2D eigenvalue weighted by Gasteiger charge is 2.43. The van der Waals surface area contributed by atoms with Gasteiger partial charge in [0.05, 0.1) is 13.0 Å². The molecule has 0 radical (unpaired) electrons. The molecule has 3 nitrogen and oxygen atoms in total. The minimum absolute atomic E-state index is 0.133. The van der Waals surface area contributed by atoms with E-state index in [-0.39, 0.29) is 5.92 Å². The topological polar surface area (TPSA) is 46.5 Å². The van der Waals surface area contributed by atoms with Crippen LogP contribution < -0.4 is 4.74 Å². The third-order valence-electron chi connectivity index (χ3n) is 4.13. The van der Waals surface area contributed by atoms with Crippen molar-refractivity contribution in [2.24, 2.45) is 11.8 Å². The van der Waals surface area contributed by atoms with Gasteiger partial charge < -0.3 is 9.84 Å². The van der Waals surface area contributed by atoms with Crippen molar-refractivity contribution in [3.8, 4) is 5.75 Å². The highest BCUT2D eigenvalue weighted by molar-refractivity contribution is 5.73. The molecule has 2 rings (SSSR count). The summed E-state index contributed by atoms with van der Waals surface area (Å²) in [6, 6.07) is 2.05. The zero-order valence-corrected chi connectivity index (χ0v) is 11.4. The molecule has 18 heavy (non-hydrogen) atoms. The molecule has 1 fully saturated rings. The Morgan fingerprint density at radius 1 is 1.39 bits per heavy atom. The van der Waals surface area contributed by atoms with E-state index in [1.54, 1.807) is 7.11 Å². The Bertz CT molecular complexity index is 491. The van der Waals surface area contributed by atoms with Crippen LogP contribution in [0.2, 0.25) is 0 Å². The smallest absolute Gasteiger partial charge is 0.306 e. The van der Waals surface area contributed by atoms with Crippen LogP contribution in [0.25, 0.3) is 0 Å². The molecule has 0 heterocycles. The quantitative estimate of drug-likeness (QED) is 0.891. The Morgan fingerprint density at radius 2 is 2.06 bits per heavy atom. The Balaban J connectivity index is 2.24. The van der Waals surface area contributed by atoms with E-state index in [0.717, 1.165) is 24.2 Å². The highest BCUT2D eigenvalue weighted by Crippen LogP contribution is 2.43. The SMILES string of the molecule is COc1cc(C)c(CC2CC2C(=O)O)c(C)c1C. The average molecular weight is 248 g/mol. The Kier molecular flexibility index (Phi) is 3.33. The van der Waals surface area contributed by atoms with Crippen LogP contribution in [0.3, 0.4) is 0 Å². The van der Waals surface area contributed by atoms with Crippen molar-refractivity contribution in [1.82, 2.24) is 0 Å². The van der Waals surface area contributed by atoms with Crippen molar-refractivity contribution in [1.29, 1.82) is 0 Å². The van der Waals surface area contributed by atoms with Crippen LogP contribution in [0.15, 0.2) is 6.07 Å². The zero-order valence-electron chi connectivity index (χ0n) is 11.4. The molecular weight excluding hydrogens is 228 g/mol. The molecular formula is C15H20O3. The van der Waals surface area contributed by atoms with Gasteiger partial charge in [-0.2, -0.15) is 0 Å². The zero-order chi connectivity index (χ0) is 13.4. The second-order valence-corrected chi connectivity index (χ2v) is 5.27. The lowest BCUT2D eigenvalue weighted by molar-refractivity contribution is -0.138. The fraction of sp³-hybridized carbons (Fsp3) is 0.533. The highest BCUT2D eigenvalue weighted by atomic mass is 16.5. The van der Waals surface area contributed by atoms with Crippen molar-refractivity contribution in [2.45, 2.75) is 33.6 Å². The van der Waals surface area contributed by atoms with Crippen LogP contribution in [-0.2, 0) is 11.2 Å². The van der Waals surface area contributed by atoms with E-state index < -0.39 is 5.97 Å². The first-order valence-corrected chi connectivity index (χ1v) is 6.32. The Morgan fingerprint density at radius 3 is 2.56 bits per heavy atom. The van der Waals surface area contributed by atoms with Gasteiger partial charge in [0, 0.05) is 0 Å². The molecule has 1 aromatic rings. The van der Waals surface area contributed by atoms with E-state index in [4.69, 9.17) is 9.84 Å². The van der Waals surface area contributed by atoms with Gasteiger partial charge in [0.15, 0.2) is 0 Å². The molecule has 1 aliphatic rings. The van der Waals surface area contributed by atoms with Gasteiger partial charge in [-0.05, 0) is 67.9 Å². The van der Waals surface area contributed by atoms with Crippen LogP contribution >= 0.6 is 0 Å². The van der Waals surface area contributed by atoms with Gasteiger partial charge in [-0.15, -0.1) is 0 Å². The second kappa shape index (κ2) is 4.63. The maximum Gasteiger partial charge on any atom is 0.306 e. The molecule has 1 aliphatic carbocycles. The van der Waals surface area contributed by atoms with Crippen LogP contribution in [0, 0.1) is 32.6 Å². The molecule has 0 amide bonds. The number of carboxylic acids is 1. The van der Waals surface area contributed by atoms with Gasteiger partial charge in [0.25, 0.3) is 0 Å². The summed E-state index contributed by atoms with van der Waals surface area (Å²) in [4.78, 5) is 10.9. The van der Waals surface area contributed by atoms with E-state index in [9.17, 15) is 4.79 Å². The molecule has 2 unspecified atom stereocenters. The first kappa shape index (κ1) is 12.9. The molecule has 1 N–H and O–H groups in total. The van der Waals surface area contributed by atoms with E-state index >= 15 is 0 Å². The van der Waals surface area contributed by atoms with Crippen LogP contribution in [-0.4, -0.2) is 18.2 Å². The van der Waals surface area contributed by atoms with E-state index in [1.807, 2.05) is 0 Å². The predicted octanol–water partition coefficient (Wildman–Crippen LogP) is 2.88. The number of hydrogen-bond acceptors (Lipinski definition) is 2. The summed E-state index contributed by atoms with van der Waals surface area (Å²) < 4.78 is 5.35. The average Bonchev–Trinajstić information content (AvgIpc) is 3.09. The fourth-order valence-electron chi connectivity index (χ4n) is 2.66. The molecule has 1 saturated carbocycles. The van der Waals surface area contributed by atoms with Gasteiger partial charge in [0.1, 0.15) is 5.75 Å². The minimum Gasteiger partial charge on any atom is -0.496 e. The number of benzene rings is 1. The fourth-order valence-corrected chi connectivity index (χ4v) is 2.66. The number of ether oxygens (including phenoxy) is 1. The number of hydrogen-bond donors (Lipinski definition) is 1. The molecule has 1 aromatic carbocycles. The summed E-state index contributed by atoms with van der Waals surface area (Å²) >= 11 is 0. The lowest BCUT2D eigenvalue weighted by Gasteiger charge is -2.15. The van der Waals surface area contributed by atoms with Gasteiger partial charge in [-0.3, -0.25) is 4.79 Å². The van der Waals surface area contributed by atoms with Crippen LogP contribution in [0.5, 0.6) is 5.75 Å². The summed E-state index contributed by atoms with van der Waals surface area (Å²) in [5.74, 6) is 0.443. The Labute approximate surface area is 108 Å². The van der Waals surface area contributed by atoms with Crippen LogP contribution in [0.4, 0.5) is 0 Å². The summed E-state index contributed by atoms with van der Waals surface area (Å²) in [7, 11) is 1.68. The third-order valence-corrected chi connectivity index (χ3v) is 4.13. The maximum atomic E-state index is 10.9. The first-order chi connectivity index (χ1) is 8.45. The number of methoxy groups -OCH3 is 1. The first-order valence-electron chi connectivity index (χ1n) is 6.32. The predicted molar refractivity (Wildman–Crippen MR) is 70.1 cm³/mol. The summed E-state index contributed by atoms with van der Waals surface area (Å²) in [6.45, 7) is 6.22. The lowest BCUT2D eigenvalue weighted by Crippen LogP contribution is -2.04. The Hall–Kier alpha value is -1.51. The number of aliphatic carboxylic acids is 1. The summed E-state index contributed by atoms with van der Waals surface area (Å²) in [6.07, 6.45) is 1.69. The molecule has 0 bridgehead atoms. The summed E-state index contributed by atoms with van der Waals surface area (Å²) in [5.41, 5.74) is 4.89. The number of aryl methyl sites for hydroxylation is 1. The second-order valence-electron chi connectivity index (χ2n) is 5.27. The monoisotopic (exact) mass is 248 g/mol. The summed E-state index contributed by atoms with van der Waals surface area (Å²) in [5, 5.41) is 8.96. The largest absolute Gasteiger partial charge is 0.496 e. The van der Waals surface area contributed by atoms with Gasteiger partial charge in [0.2, 0.25) is 0 Å². The van der Waals surface area contributed by atoms with E-state index in [1.165, 1.54) is 16.7 Å². The number of carbonyl (C=O) groups is 1. The standard InChI is InChI=1S/C15H20O3/c1-8-5-14(18-4)10(3)9(2)12(8)6-11-7-13(11)15(16)17/h5,11,13H,6-7H2,1-4H3,(H,16,17). The molecule has 0 aromatic heterocycles. The van der Waals surface area contributed by atoms with Crippen molar-refractivity contribution in [3.63, 3.8) is 0 Å². The van der Waals surface area contributed by atoms with E-state index in [0.29, 0.717) is 5.92 Å². The van der Waals surface area contributed by atoms with Crippen molar-refractivity contribution in [2.75, 3.05) is 7.11 Å². The minimum atomic E-state index is -0.652. The molecule has 0 aliphatic heterocycles. The molecule has 3 heteroatoms. The van der Waals surface area contributed by atoms with Gasteiger partial charge in [-0.1, -0.05) is 0 Å². The van der Waals surface area contributed by atoms with Crippen molar-refractivity contribution < 1.29 is 14.6 Å². The molecule has 98 valence electrons.